The SMILES string of the molecule is CC(C)c1ccc(S(=O)(=O)NC2CCCN(S(C)(=O)=O)C2)cc1. The van der Waals surface area contributed by atoms with Crippen LogP contribution in [-0.2, 0) is 20.0 Å². The molecule has 0 amide bonds. The lowest BCUT2D eigenvalue weighted by molar-refractivity contribution is 0.305. The average molecular weight is 361 g/mol. The molecule has 1 atom stereocenters. The van der Waals surface area contributed by atoms with Crippen molar-refractivity contribution in [2.24, 2.45) is 0 Å². The van der Waals surface area contributed by atoms with E-state index in [-0.39, 0.29) is 11.4 Å². The molecule has 1 fully saturated rings. The number of hydrogen-bond acceptors (Lipinski definition) is 4. The molecule has 1 aromatic carbocycles. The largest absolute Gasteiger partial charge is 0.240 e. The van der Waals surface area contributed by atoms with Gasteiger partial charge in [-0.2, -0.15) is 0 Å². The van der Waals surface area contributed by atoms with Gasteiger partial charge in [0.2, 0.25) is 20.0 Å². The highest BCUT2D eigenvalue weighted by atomic mass is 32.2. The Morgan fingerprint density at radius 2 is 1.74 bits per heavy atom. The minimum Gasteiger partial charge on any atom is -0.213 e. The zero-order valence-electron chi connectivity index (χ0n) is 13.7. The molecule has 1 heterocycles. The van der Waals surface area contributed by atoms with Gasteiger partial charge in [0.1, 0.15) is 0 Å². The summed E-state index contributed by atoms with van der Waals surface area (Å²) in [6.07, 6.45) is 2.43. The van der Waals surface area contributed by atoms with E-state index in [4.69, 9.17) is 0 Å². The first-order valence-electron chi connectivity index (χ1n) is 7.67. The number of nitrogens with zero attached hydrogens (tertiary/aromatic N) is 1. The Kier molecular flexibility index (Phi) is 5.50. The summed E-state index contributed by atoms with van der Waals surface area (Å²) < 4.78 is 52.1. The van der Waals surface area contributed by atoms with Crippen LogP contribution in [-0.4, -0.2) is 46.5 Å². The van der Waals surface area contributed by atoms with Crippen molar-refractivity contribution in [3.05, 3.63) is 29.8 Å². The fourth-order valence-electron chi connectivity index (χ4n) is 2.66. The molecular formula is C15H24N2O4S2. The molecule has 130 valence electrons. The lowest BCUT2D eigenvalue weighted by Gasteiger charge is -2.31. The average Bonchev–Trinajstić information content (AvgIpc) is 2.46. The number of hydrogen-bond donors (Lipinski definition) is 1. The van der Waals surface area contributed by atoms with Crippen LogP contribution in [0.3, 0.4) is 0 Å². The molecule has 0 aromatic heterocycles. The van der Waals surface area contributed by atoms with Gasteiger partial charge in [0.25, 0.3) is 0 Å². The van der Waals surface area contributed by atoms with Gasteiger partial charge < -0.3 is 0 Å². The number of piperidine rings is 1. The summed E-state index contributed by atoms with van der Waals surface area (Å²) in [5, 5.41) is 0. The highest BCUT2D eigenvalue weighted by molar-refractivity contribution is 7.89. The molecule has 1 aliphatic heterocycles. The molecule has 0 saturated carbocycles. The summed E-state index contributed by atoms with van der Waals surface area (Å²) in [5.74, 6) is 0.335. The highest BCUT2D eigenvalue weighted by Crippen LogP contribution is 2.19. The molecule has 23 heavy (non-hydrogen) atoms. The maximum atomic E-state index is 12.5. The van der Waals surface area contributed by atoms with Gasteiger partial charge in [0.15, 0.2) is 0 Å². The Labute approximate surface area is 139 Å². The van der Waals surface area contributed by atoms with Gasteiger partial charge in [-0.1, -0.05) is 26.0 Å². The molecule has 1 unspecified atom stereocenters. The molecular weight excluding hydrogens is 336 g/mol. The predicted octanol–water partition coefficient (Wildman–Crippen LogP) is 1.51. The fraction of sp³-hybridized carbons (Fsp3) is 0.600. The van der Waals surface area contributed by atoms with Crippen molar-refractivity contribution in [3.63, 3.8) is 0 Å². The van der Waals surface area contributed by atoms with Crippen LogP contribution in [0, 0.1) is 0 Å². The minimum absolute atomic E-state index is 0.183. The van der Waals surface area contributed by atoms with Gasteiger partial charge in [0.05, 0.1) is 11.2 Å². The summed E-state index contributed by atoms with van der Waals surface area (Å²) in [5.41, 5.74) is 1.07. The van der Waals surface area contributed by atoms with E-state index >= 15 is 0 Å². The predicted molar refractivity (Wildman–Crippen MR) is 90.3 cm³/mol. The van der Waals surface area contributed by atoms with Gasteiger partial charge in [-0.05, 0) is 36.5 Å². The third-order valence-corrected chi connectivity index (χ3v) is 6.84. The Bertz CT molecular complexity index is 740. The molecule has 0 bridgehead atoms. The zero-order chi connectivity index (χ0) is 17.3. The second-order valence-corrected chi connectivity index (χ2v) is 10.0. The third-order valence-electron chi connectivity index (χ3n) is 4.03. The number of nitrogens with one attached hydrogen (secondary N) is 1. The van der Waals surface area contributed by atoms with Crippen molar-refractivity contribution in [2.45, 2.75) is 43.5 Å². The third kappa shape index (κ3) is 4.76. The first-order chi connectivity index (χ1) is 10.6. The molecule has 1 saturated heterocycles. The summed E-state index contributed by atoms with van der Waals surface area (Å²) in [4.78, 5) is 0.207. The van der Waals surface area contributed by atoms with Crippen LogP contribution in [0.25, 0.3) is 0 Å². The minimum atomic E-state index is -3.64. The van der Waals surface area contributed by atoms with Crippen LogP contribution < -0.4 is 4.72 Å². The molecule has 0 aliphatic carbocycles. The standard InChI is InChI=1S/C15H24N2O4S2/c1-12(2)13-6-8-15(9-7-13)23(20,21)16-14-5-4-10-17(11-14)22(3,18)19/h6-9,12,14,16H,4-5,10-11H2,1-3H3. The maximum absolute atomic E-state index is 12.5. The topological polar surface area (TPSA) is 83.6 Å². The van der Waals surface area contributed by atoms with E-state index in [9.17, 15) is 16.8 Å². The van der Waals surface area contributed by atoms with E-state index in [0.29, 0.717) is 25.3 Å². The Morgan fingerprint density at radius 1 is 1.13 bits per heavy atom. The molecule has 1 aromatic rings. The normalized spacial score (nSPS) is 20.8. The van der Waals surface area contributed by atoms with Crippen LogP contribution in [0.1, 0.15) is 38.2 Å². The van der Waals surface area contributed by atoms with E-state index in [1.54, 1.807) is 12.1 Å². The van der Waals surface area contributed by atoms with Gasteiger partial charge in [-0.25, -0.2) is 25.9 Å². The van der Waals surface area contributed by atoms with Crippen molar-refractivity contribution in [1.29, 1.82) is 0 Å². The van der Waals surface area contributed by atoms with E-state index in [1.807, 2.05) is 26.0 Å². The van der Waals surface area contributed by atoms with Crippen LogP contribution in [0.4, 0.5) is 0 Å². The van der Waals surface area contributed by atoms with Crippen molar-refractivity contribution < 1.29 is 16.8 Å². The van der Waals surface area contributed by atoms with Crippen molar-refractivity contribution in [3.8, 4) is 0 Å². The smallest absolute Gasteiger partial charge is 0.213 e. The molecule has 2 rings (SSSR count). The first-order valence-corrected chi connectivity index (χ1v) is 11.0. The van der Waals surface area contributed by atoms with E-state index in [0.717, 1.165) is 11.8 Å². The van der Waals surface area contributed by atoms with Gasteiger partial charge in [0, 0.05) is 19.1 Å². The first kappa shape index (κ1) is 18.4. The lowest BCUT2D eigenvalue weighted by atomic mass is 10.0. The Morgan fingerprint density at radius 3 is 2.26 bits per heavy atom. The summed E-state index contributed by atoms with van der Waals surface area (Å²) in [6, 6.07) is 6.41. The van der Waals surface area contributed by atoms with Crippen molar-refractivity contribution >= 4 is 20.0 Å². The summed E-state index contributed by atoms with van der Waals surface area (Å²) in [7, 11) is -6.94. The van der Waals surface area contributed by atoms with E-state index < -0.39 is 26.1 Å². The lowest BCUT2D eigenvalue weighted by Crippen LogP contribution is -2.49. The molecule has 8 heteroatoms. The number of sulfonamides is 2. The van der Waals surface area contributed by atoms with Gasteiger partial charge >= 0.3 is 0 Å². The maximum Gasteiger partial charge on any atom is 0.240 e. The second-order valence-electron chi connectivity index (χ2n) is 6.31. The molecule has 0 spiro atoms. The van der Waals surface area contributed by atoms with Crippen LogP contribution in [0.2, 0.25) is 0 Å². The molecule has 6 nitrogen and oxygen atoms in total. The Hall–Kier alpha value is -0.960. The zero-order valence-corrected chi connectivity index (χ0v) is 15.3. The molecule has 1 aliphatic rings. The molecule has 1 N–H and O–H groups in total. The van der Waals surface area contributed by atoms with Crippen molar-refractivity contribution in [2.75, 3.05) is 19.3 Å². The monoisotopic (exact) mass is 360 g/mol. The second kappa shape index (κ2) is 6.88. The fourth-order valence-corrected chi connectivity index (χ4v) is 4.83. The number of rotatable bonds is 5. The summed E-state index contributed by atoms with van der Waals surface area (Å²) in [6.45, 7) is 4.72. The Balaban J connectivity index is 2.11. The van der Waals surface area contributed by atoms with Crippen LogP contribution >= 0.6 is 0 Å². The summed E-state index contributed by atoms with van der Waals surface area (Å²) >= 11 is 0. The number of benzene rings is 1. The highest BCUT2D eigenvalue weighted by Gasteiger charge is 2.29. The van der Waals surface area contributed by atoms with Crippen molar-refractivity contribution in [1.82, 2.24) is 9.03 Å². The van der Waals surface area contributed by atoms with Crippen LogP contribution in [0.5, 0.6) is 0 Å². The van der Waals surface area contributed by atoms with E-state index in [1.165, 1.54) is 4.31 Å². The van der Waals surface area contributed by atoms with Gasteiger partial charge in [-0.15, -0.1) is 0 Å². The quantitative estimate of drug-likeness (QED) is 0.863. The van der Waals surface area contributed by atoms with Crippen LogP contribution in [0.15, 0.2) is 29.2 Å². The van der Waals surface area contributed by atoms with E-state index in [2.05, 4.69) is 4.72 Å². The molecule has 0 radical (unpaired) electrons. The van der Waals surface area contributed by atoms with Gasteiger partial charge in [-0.3, -0.25) is 0 Å².